The maximum Gasteiger partial charge on any atom is 0.257 e. The molecule has 9 nitrogen and oxygen atoms in total. The zero-order chi connectivity index (χ0) is 22.3. The van der Waals surface area contributed by atoms with Crippen LogP contribution < -0.4 is 15.5 Å². The second-order valence-electron chi connectivity index (χ2n) is 8.77. The summed E-state index contributed by atoms with van der Waals surface area (Å²) >= 11 is 0. The molecular weight excluding hydrogens is 418 g/mol. The number of carbonyl (C=O) groups excluding carboxylic acids is 1. The number of oxazole rings is 1. The van der Waals surface area contributed by atoms with Gasteiger partial charge in [0, 0.05) is 55.6 Å². The molecule has 2 N–H and O–H groups in total. The molecule has 4 aromatic heterocycles. The van der Waals surface area contributed by atoms with Gasteiger partial charge in [0.15, 0.2) is 12.2 Å². The normalized spacial score (nSPS) is 17.2. The van der Waals surface area contributed by atoms with Crippen LogP contribution in [0.1, 0.15) is 23.2 Å². The standard InChI is InChI=1S/C24H23N7O2/c32-23(16-3-6-27-22(9-16)31-7-4-24(5-8-31)13-26-14-24)30-21-10-19-17(11-28-21)1-2-18(29-19)20-12-25-15-33-20/h1-3,6,9-12,15,26H,4-5,7-8,13-14H2,(H,28,30,32). The fourth-order valence-corrected chi connectivity index (χ4v) is 4.53. The summed E-state index contributed by atoms with van der Waals surface area (Å²) in [6.45, 7) is 4.16. The number of carbonyl (C=O) groups is 1. The number of aromatic nitrogens is 4. The molecule has 0 saturated carbocycles. The van der Waals surface area contributed by atoms with Crippen molar-refractivity contribution in [2.75, 3.05) is 36.4 Å². The average molecular weight is 441 g/mol. The number of hydrogen-bond acceptors (Lipinski definition) is 8. The van der Waals surface area contributed by atoms with Gasteiger partial charge in [0.05, 0.1) is 11.7 Å². The van der Waals surface area contributed by atoms with Crippen molar-refractivity contribution >= 4 is 28.4 Å². The highest BCUT2D eigenvalue weighted by atomic mass is 16.3. The van der Waals surface area contributed by atoms with E-state index in [0.717, 1.165) is 50.2 Å². The highest BCUT2D eigenvalue weighted by Crippen LogP contribution is 2.36. The second kappa shape index (κ2) is 7.93. The highest BCUT2D eigenvalue weighted by molar-refractivity contribution is 6.04. The van der Waals surface area contributed by atoms with Crippen molar-refractivity contribution in [3.63, 3.8) is 0 Å². The molecule has 6 rings (SSSR count). The molecule has 0 atom stereocenters. The van der Waals surface area contributed by atoms with Crippen molar-refractivity contribution in [1.29, 1.82) is 0 Å². The lowest BCUT2D eigenvalue weighted by Crippen LogP contribution is -2.58. The molecule has 9 heteroatoms. The molecule has 0 radical (unpaired) electrons. The molecule has 6 heterocycles. The number of amides is 1. The summed E-state index contributed by atoms with van der Waals surface area (Å²) in [5.41, 5.74) is 2.39. The predicted octanol–water partition coefficient (Wildman–Crippen LogP) is 3.12. The number of nitrogens with one attached hydrogen (secondary N) is 2. The van der Waals surface area contributed by atoms with Crippen LogP contribution in [0.15, 0.2) is 59.7 Å². The number of hydrogen-bond donors (Lipinski definition) is 2. The predicted molar refractivity (Wildman–Crippen MR) is 124 cm³/mol. The second-order valence-corrected chi connectivity index (χ2v) is 8.77. The SMILES string of the molecule is O=C(Nc1cc2nc(-c3cnco3)ccc2cn1)c1ccnc(N2CCC3(CC2)CNC3)c1. The third-order valence-electron chi connectivity index (χ3n) is 6.66. The molecule has 2 fully saturated rings. The third kappa shape index (κ3) is 3.80. The van der Waals surface area contributed by atoms with Crippen LogP contribution in [-0.2, 0) is 0 Å². The van der Waals surface area contributed by atoms with E-state index < -0.39 is 0 Å². The van der Waals surface area contributed by atoms with Crippen molar-refractivity contribution in [2.45, 2.75) is 12.8 Å². The summed E-state index contributed by atoms with van der Waals surface area (Å²) in [7, 11) is 0. The largest absolute Gasteiger partial charge is 0.442 e. The smallest absolute Gasteiger partial charge is 0.257 e. The lowest BCUT2D eigenvalue weighted by Gasteiger charge is -2.48. The van der Waals surface area contributed by atoms with Gasteiger partial charge in [-0.05, 0) is 42.5 Å². The van der Waals surface area contributed by atoms with Gasteiger partial charge in [-0.1, -0.05) is 0 Å². The van der Waals surface area contributed by atoms with E-state index in [4.69, 9.17) is 4.42 Å². The maximum atomic E-state index is 12.9. The monoisotopic (exact) mass is 441 g/mol. The molecular formula is C24H23N7O2. The minimum Gasteiger partial charge on any atom is -0.442 e. The van der Waals surface area contributed by atoms with E-state index in [1.807, 2.05) is 18.2 Å². The Hall–Kier alpha value is -3.85. The van der Waals surface area contributed by atoms with Crippen molar-refractivity contribution < 1.29 is 9.21 Å². The maximum absolute atomic E-state index is 12.9. The van der Waals surface area contributed by atoms with Gasteiger partial charge in [0.25, 0.3) is 5.91 Å². The van der Waals surface area contributed by atoms with Gasteiger partial charge in [-0.3, -0.25) is 4.79 Å². The van der Waals surface area contributed by atoms with E-state index in [1.165, 1.54) is 6.39 Å². The number of piperidine rings is 1. The first-order chi connectivity index (χ1) is 16.2. The highest BCUT2D eigenvalue weighted by Gasteiger charge is 2.39. The summed E-state index contributed by atoms with van der Waals surface area (Å²) in [6.07, 6.45) is 8.68. The molecule has 2 aliphatic heterocycles. The van der Waals surface area contributed by atoms with E-state index in [2.05, 4.69) is 35.5 Å². The Morgan fingerprint density at radius 1 is 1.09 bits per heavy atom. The zero-order valence-corrected chi connectivity index (χ0v) is 18.0. The average Bonchev–Trinajstić information content (AvgIpc) is 3.38. The minimum atomic E-state index is -0.228. The first-order valence-electron chi connectivity index (χ1n) is 11.1. The number of nitrogens with zero attached hydrogens (tertiary/aromatic N) is 5. The van der Waals surface area contributed by atoms with Gasteiger partial charge in [0.2, 0.25) is 0 Å². The lowest BCUT2D eigenvalue weighted by molar-refractivity contribution is 0.102. The van der Waals surface area contributed by atoms with E-state index in [1.54, 1.807) is 30.7 Å². The molecule has 0 bridgehead atoms. The van der Waals surface area contributed by atoms with Crippen LogP contribution >= 0.6 is 0 Å². The molecule has 0 unspecified atom stereocenters. The number of rotatable bonds is 4. The number of anilines is 2. The van der Waals surface area contributed by atoms with Crippen LogP contribution in [0.2, 0.25) is 0 Å². The molecule has 1 spiro atoms. The summed E-state index contributed by atoms with van der Waals surface area (Å²) in [5, 5.41) is 7.14. The van der Waals surface area contributed by atoms with Crippen molar-refractivity contribution in [2.24, 2.45) is 5.41 Å². The van der Waals surface area contributed by atoms with Gasteiger partial charge < -0.3 is 20.0 Å². The van der Waals surface area contributed by atoms with Gasteiger partial charge in [-0.25, -0.2) is 19.9 Å². The van der Waals surface area contributed by atoms with Crippen LogP contribution in [-0.4, -0.2) is 52.0 Å². The number of pyridine rings is 3. The number of fused-ring (bicyclic) bond motifs is 1. The molecule has 0 aliphatic carbocycles. The van der Waals surface area contributed by atoms with E-state index in [9.17, 15) is 4.79 Å². The molecule has 2 aliphatic rings. The van der Waals surface area contributed by atoms with Crippen LogP contribution in [0, 0.1) is 5.41 Å². The van der Waals surface area contributed by atoms with E-state index in [0.29, 0.717) is 33.8 Å². The molecule has 4 aromatic rings. The molecule has 1 amide bonds. The van der Waals surface area contributed by atoms with E-state index in [-0.39, 0.29) is 5.91 Å². The Morgan fingerprint density at radius 2 is 1.97 bits per heavy atom. The van der Waals surface area contributed by atoms with Crippen LogP contribution in [0.4, 0.5) is 11.6 Å². The minimum absolute atomic E-state index is 0.228. The first-order valence-corrected chi connectivity index (χ1v) is 11.1. The summed E-state index contributed by atoms with van der Waals surface area (Å²) < 4.78 is 5.33. The van der Waals surface area contributed by atoms with E-state index >= 15 is 0 Å². The quantitative estimate of drug-likeness (QED) is 0.497. The molecule has 33 heavy (non-hydrogen) atoms. The molecule has 166 valence electrons. The van der Waals surface area contributed by atoms with Crippen LogP contribution in [0.3, 0.4) is 0 Å². The fraction of sp³-hybridized carbons (Fsp3) is 0.292. The Labute approximate surface area is 190 Å². The Kier molecular flexibility index (Phi) is 4.76. The van der Waals surface area contributed by atoms with Gasteiger partial charge >= 0.3 is 0 Å². The van der Waals surface area contributed by atoms with Crippen LogP contribution in [0.5, 0.6) is 0 Å². The van der Waals surface area contributed by atoms with Gasteiger partial charge in [-0.2, -0.15) is 0 Å². The van der Waals surface area contributed by atoms with Gasteiger partial charge in [-0.15, -0.1) is 0 Å². The van der Waals surface area contributed by atoms with Crippen molar-refractivity contribution in [3.05, 3.63) is 60.9 Å². The zero-order valence-electron chi connectivity index (χ0n) is 18.0. The van der Waals surface area contributed by atoms with Crippen molar-refractivity contribution in [3.8, 4) is 11.5 Å². The lowest BCUT2D eigenvalue weighted by atomic mass is 9.73. The Morgan fingerprint density at radius 3 is 2.73 bits per heavy atom. The Balaban J connectivity index is 1.19. The summed E-state index contributed by atoms with van der Waals surface area (Å²) in [6, 6.07) is 9.10. The Bertz CT molecular complexity index is 1310. The fourth-order valence-electron chi connectivity index (χ4n) is 4.53. The third-order valence-corrected chi connectivity index (χ3v) is 6.66. The topological polar surface area (TPSA) is 109 Å². The van der Waals surface area contributed by atoms with Crippen LogP contribution in [0.25, 0.3) is 22.4 Å². The molecule has 0 aromatic carbocycles. The summed E-state index contributed by atoms with van der Waals surface area (Å²) in [4.78, 5) is 32.6. The van der Waals surface area contributed by atoms with Gasteiger partial charge in [0.1, 0.15) is 17.3 Å². The first kappa shape index (κ1) is 19.8. The van der Waals surface area contributed by atoms with Crippen molar-refractivity contribution in [1.82, 2.24) is 25.3 Å². The molecule has 2 saturated heterocycles. The summed E-state index contributed by atoms with van der Waals surface area (Å²) in [5.74, 6) is 1.63.